The molecule has 0 aliphatic carbocycles. The van der Waals surface area contributed by atoms with E-state index in [9.17, 15) is 22.8 Å². The molecule has 166 valence electrons. The number of hydrogen-bond acceptors (Lipinski definition) is 5. The zero-order valence-electron chi connectivity index (χ0n) is 17.1. The predicted octanol–water partition coefficient (Wildman–Crippen LogP) is 3.52. The smallest absolute Gasteiger partial charge is 0.416 e. The number of likely N-dealkylation sites (tertiary alicyclic amines) is 1. The molecule has 1 N–H and O–H groups in total. The number of carbonyl (C=O) groups is 2. The van der Waals surface area contributed by atoms with E-state index in [4.69, 9.17) is 4.74 Å². The van der Waals surface area contributed by atoms with Gasteiger partial charge in [-0.1, -0.05) is 0 Å². The highest BCUT2D eigenvalue weighted by Crippen LogP contribution is 2.36. The van der Waals surface area contributed by atoms with Crippen LogP contribution in [-0.4, -0.2) is 56.1 Å². The van der Waals surface area contributed by atoms with Crippen molar-refractivity contribution < 1.29 is 27.5 Å². The number of alkyl halides is 3. The number of ether oxygens (including phenoxy) is 1. The van der Waals surface area contributed by atoms with Crippen LogP contribution in [0.2, 0.25) is 0 Å². The lowest BCUT2D eigenvalue weighted by Crippen LogP contribution is -2.43. The third-order valence-electron chi connectivity index (χ3n) is 5.54. The monoisotopic (exact) mass is 427 g/mol. The van der Waals surface area contributed by atoms with Crippen molar-refractivity contribution >= 4 is 23.3 Å². The first-order chi connectivity index (χ1) is 14.3. The van der Waals surface area contributed by atoms with E-state index in [1.807, 2.05) is 9.80 Å². The maximum absolute atomic E-state index is 13.2. The van der Waals surface area contributed by atoms with Crippen molar-refractivity contribution in [1.82, 2.24) is 4.90 Å². The van der Waals surface area contributed by atoms with Gasteiger partial charge in [-0.05, 0) is 57.4 Å². The summed E-state index contributed by atoms with van der Waals surface area (Å²) in [4.78, 5) is 28.5. The SMILES string of the molecule is CCOC(=O)[C@H]1CCCN(CC(=O)Nc2cc(C(F)(F)F)ccc2N2CCCC2)C1. The van der Waals surface area contributed by atoms with Crippen molar-refractivity contribution in [2.75, 3.05) is 49.5 Å². The summed E-state index contributed by atoms with van der Waals surface area (Å²) >= 11 is 0. The Morgan fingerprint density at radius 1 is 1.17 bits per heavy atom. The van der Waals surface area contributed by atoms with E-state index in [1.165, 1.54) is 6.07 Å². The van der Waals surface area contributed by atoms with Gasteiger partial charge in [0, 0.05) is 19.6 Å². The summed E-state index contributed by atoms with van der Waals surface area (Å²) in [5.41, 5.74) is -0.00586. The van der Waals surface area contributed by atoms with Crippen molar-refractivity contribution in [3.63, 3.8) is 0 Å². The molecule has 30 heavy (non-hydrogen) atoms. The van der Waals surface area contributed by atoms with E-state index in [2.05, 4.69) is 5.32 Å². The van der Waals surface area contributed by atoms with Crippen molar-refractivity contribution in [2.24, 2.45) is 5.92 Å². The largest absolute Gasteiger partial charge is 0.466 e. The van der Waals surface area contributed by atoms with Crippen LogP contribution in [0.25, 0.3) is 0 Å². The summed E-state index contributed by atoms with van der Waals surface area (Å²) < 4.78 is 44.6. The highest BCUT2D eigenvalue weighted by Gasteiger charge is 2.32. The standard InChI is InChI=1S/C21H28F3N3O3/c1-2-30-20(29)15-6-5-9-26(13-15)14-19(28)25-17-12-16(21(22,23)24)7-8-18(17)27-10-3-4-11-27/h7-8,12,15H,2-6,9-11,13-14H2,1H3,(H,25,28)/t15-/m0/s1. The van der Waals surface area contributed by atoms with E-state index in [-0.39, 0.29) is 30.0 Å². The van der Waals surface area contributed by atoms with Gasteiger partial charge in [0.1, 0.15) is 0 Å². The number of esters is 1. The Labute approximate surface area is 174 Å². The lowest BCUT2D eigenvalue weighted by atomic mass is 9.98. The number of halogens is 3. The van der Waals surface area contributed by atoms with Crippen LogP contribution in [0, 0.1) is 5.92 Å². The number of anilines is 2. The van der Waals surface area contributed by atoms with Gasteiger partial charge in [-0.15, -0.1) is 0 Å². The molecule has 0 unspecified atom stereocenters. The van der Waals surface area contributed by atoms with Gasteiger partial charge >= 0.3 is 12.1 Å². The van der Waals surface area contributed by atoms with Gasteiger partial charge in [-0.2, -0.15) is 13.2 Å². The average molecular weight is 427 g/mol. The summed E-state index contributed by atoms with van der Waals surface area (Å²) in [6, 6.07) is 3.49. The Hall–Kier alpha value is -2.29. The summed E-state index contributed by atoms with van der Waals surface area (Å²) in [6.45, 7) is 4.65. The predicted molar refractivity (Wildman–Crippen MR) is 107 cm³/mol. The molecule has 2 aliphatic heterocycles. The summed E-state index contributed by atoms with van der Waals surface area (Å²) in [5, 5.41) is 2.68. The molecule has 1 amide bonds. The third-order valence-corrected chi connectivity index (χ3v) is 5.54. The van der Waals surface area contributed by atoms with Crippen molar-refractivity contribution in [1.29, 1.82) is 0 Å². The van der Waals surface area contributed by atoms with Gasteiger partial charge in [-0.3, -0.25) is 14.5 Å². The number of piperidine rings is 1. The van der Waals surface area contributed by atoms with E-state index in [0.717, 1.165) is 44.5 Å². The molecule has 1 atom stereocenters. The lowest BCUT2D eigenvalue weighted by Gasteiger charge is -2.31. The normalized spacial score (nSPS) is 20.3. The number of amides is 1. The molecule has 3 rings (SSSR count). The van der Waals surface area contributed by atoms with Crippen LogP contribution in [0.15, 0.2) is 18.2 Å². The molecule has 6 nitrogen and oxygen atoms in total. The first-order valence-corrected chi connectivity index (χ1v) is 10.4. The summed E-state index contributed by atoms with van der Waals surface area (Å²) in [7, 11) is 0. The van der Waals surface area contributed by atoms with Crippen molar-refractivity contribution in [2.45, 2.75) is 38.8 Å². The molecule has 0 saturated carbocycles. The Bertz CT molecular complexity index is 764. The fourth-order valence-corrected chi connectivity index (χ4v) is 4.09. The van der Waals surface area contributed by atoms with Crippen LogP contribution < -0.4 is 10.2 Å². The second-order valence-corrected chi connectivity index (χ2v) is 7.80. The number of benzene rings is 1. The minimum atomic E-state index is -4.48. The Balaban J connectivity index is 1.69. The maximum atomic E-state index is 13.2. The number of nitrogens with zero attached hydrogens (tertiary/aromatic N) is 2. The maximum Gasteiger partial charge on any atom is 0.416 e. The van der Waals surface area contributed by atoms with Gasteiger partial charge in [-0.25, -0.2) is 0 Å². The molecule has 1 aromatic rings. The molecule has 0 radical (unpaired) electrons. The van der Waals surface area contributed by atoms with E-state index in [1.54, 1.807) is 6.92 Å². The molecule has 9 heteroatoms. The Morgan fingerprint density at radius 3 is 2.57 bits per heavy atom. The van der Waals surface area contributed by atoms with Crippen molar-refractivity contribution in [3.8, 4) is 0 Å². The van der Waals surface area contributed by atoms with Crippen LogP contribution in [0.4, 0.5) is 24.5 Å². The molecule has 2 aliphatic rings. The Kier molecular flexibility index (Phi) is 7.23. The highest BCUT2D eigenvalue weighted by atomic mass is 19.4. The molecule has 1 aromatic carbocycles. The van der Waals surface area contributed by atoms with Crippen molar-refractivity contribution in [3.05, 3.63) is 23.8 Å². The lowest BCUT2D eigenvalue weighted by molar-refractivity contribution is -0.150. The van der Waals surface area contributed by atoms with Crippen LogP contribution >= 0.6 is 0 Å². The molecular weight excluding hydrogens is 399 g/mol. The molecule has 2 saturated heterocycles. The van der Waals surface area contributed by atoms with Gasteiger partial charge in [0.15, 0.2) is 0 Å². The topological polar surface area (TPSA) is 61.9 Å². The number of carbonyl (C=O) groups excluding carboxylic acids is 2. The second-order valence-electron chi connectivity index (χ2n) is 7.80. The zero-order chi connectivity index (χ0) is 21.7. The third kappa shape index (κ3) is 5.65. The van der Waals surface area contributed by atoms with Gasteiger partial charge < -0.3 is 15.0 Å². The highest BCUT2D eigenvalue weighted by molar-refractivity contribution is 5.96. The van der Waals surface area contributed by atoms with Crippen LogP contribution in [-0.2, 0) is 20.5 Å². The summed E-state index contributed by atoms with van der Waals surface area (Å²) in [5.74, 6) is -0.934. The number of rotatable bonds is 6. The quantitative estimate of drug-likeness (QED) is 0.704. The first kappa shape index (κ1) is 22.4. The molecule has 2 fully saturated rings. The number of nitrogens with one attached hydrogen (secondary N) is 1. The van der Waals surface area contributed by atoms with Gasteiger partial charge in [0.2, 0.25) is 5.91 Å². The second kappa shape index (κ2) is 9.68. The van der Waals surface area contributed by atoms with Gasteiger partial charge in [0.05, 0.1) is 36.0 Å². The minimum Gasteiger partial charge on any atom is -0.466 e. The van der Waals surface area contributed by atoms with E-state index < -0.39 is 11.7 Å². The van der Waals surface area contributed by atoms with E-state index >= 15 is 0 Å². The fraction of sp³-hybridized carbons (Fsp3) is 0.619. The van der Waals surface area contributed by atoms with Crippen LogP contribution in [0.3, 0.4) is 0 Å². The molecular formula is C21H28F3N3O3. The molecule has 0 aromatic heterocycles. The average Bonchev–Trinajstić information content (AvgIpc) is 3.22. The fourth-order valence-electron chi connectivity index (χ4n) is 4.09. The zero-order valence-corrected chi connectivity index (χ0v) is 17.1. The molecule has 0 bridgehead atoms. The molecule has 2 heterocycles. The summed E-state index contributed by atoms with van der Waals surface area (Å²) in [6.07, 6.45) is -1.07. The first-order valence-electron chi connectivity index (χ1n) is 10.4. The number of hydrogen-bond donors (Lipinski definition) is 1. The van der Waals surface area contributed by atoms with Crippen LogP contribution in [0.5, 0.6) is 0 Å². The Morgan fingerprint density at radius 2 is 1.90 bits per heavy atom. The van der Waals surface area contributed by atoms with E-state index in [0.29, 0.717) is 31.8 Å². The molecule has 0 spiro atoms. The van der Waals surface area contributed by atoms with Gasteiger partial charge in [0.25, 0.3) is 0 Å². The van der Waals surface area contributed by atoms with Crippen LogP contribution in [0.1, 0.15) is 38.2 Å². The minimum absolute atomic E-state index is 0.0194.